The fourth-order valence-corrected chi connectivity index (χ4v) is 3.16. The Morgan fingerprint density at radius 3 is 2.59 bits per heavy atom. The van der Waals surface area contributed by atoms with E-state index in [-0.39, 0.29) is 42.2 Å². The standard InChI is InChI=1S/C24H26FN3O4/c1-16(2)15-28(12-11-23(29)26-19-9-7-18(25)8-10-19)24(30)21-14-22(32-27-21)17-5-4-6-20(13-17)31-3/h4-10,13-14,16H,11-12,15H2,1-3H3,(H,26,29). The first-order chi connectivity index (χ1) is 15.4. The minimum absolute atomic E-state index is 0.0937. The van der Waals surface area contributed by atoms with Gasteiger partial charge in [-0.3, -0.25) is 9.59 Å². The minimum Gasteiger partial charge on any atom is -0.497 e. The predicted molar refractivity (Wildman–Crippen MR) is 119 cm³/mol. The van der Waals surface area contributed by atoms with Crippen LogP contribution in [-0.4, -0.2) is 42.1 Å². The summed E-state index contributed by atoms with van der Waals surface area (Å²) < 4.78 is 23.6. The molecule has 7 nitrogen and oxygen atoms in total. The molecule has 0 spiro atoms. The van der Waals surface area contributed by atoms with Gasteiger partial charge in [0.05, 0.1) is 7.11 Å². The summed E-state index contributed by atoms with van der Waals surface area (Å²) in [6.45, 7) is 4.65. The third kappa shape index (κ3) is 6.16. The zero-order valence-corrected chi connectivity index (χ0v) is 18.3. The number of halogens is 1. The van der Waals surface area contributed by atoms with Crippen molar-refractivity contribution in [2.45, 2.75) is 20.3 Å². The quantitative estimate of drug-likeness (QED) is 0.526. The molecule has 1 heterocycles. The second-order valence-corrected chi connectivity index (χ2v) is 7.76. The van der Waals surface area contributed by atoms with Gasteiger partial charge in [-0.2, -0.15) is 0 Å². The van der Waals surface area contributed by atoms with E-state index in [4.69, 9.17) is 9.26 Å². The van der Waals surface area contributed by atoms with E-state index in [0.29, 0.717) is 23.7 Å². The van der Waals surface area contributed by atoms with Crippen molar-refractivity contribution in [3.63, 3.8) is 0 Å². The lowest BCUT2D eigenvalue weighted by Gasteiger charge is -2.23. The number of benzene rings is 2. The lowest BCUT2D eigenvalue weighted by atomic mass is 10.1. The molecule has 0 saturated heterocycles. The summed E-state index contributed by atoms with van der Waals surface area (Å²) in [5.74, 6) is 0.356. The SMILES string of the molecule is COc1cccc(-c2cc(C(=O)N(CCC(=O)Nc3ccc(F)cc3)CC(C)C)no2)c1. The van der Waals surface area contributed by atoms with Gasteiger partial charge in [0.15, 0.2) is 11.5 Å². The number of nitrogens with one attached hydrogen (secondary N) is 1. The maximum Gasteiger partial charge on any atom is 0.276 e. The van der Waals surface area contributed by atoms with Crippen LogP contribution in [0.2, 0.25) is 0 Å². The Balaban J connectivity index is 1.67. The third-order valence-corrected chi connectivity index (χ3v) is 4.69. The van der Waals surface area contributed by atoms with Gasteiger partial charge in [0.1, 0.15) is 11.6 Å². The Morgan fingerprint density at radius 1 is 1.16 bits per heavy atom. The van der Waals surface area contributed by atoms with Crippen LogP contribution >= 0.6 is 0 Å². The van der Waals surface area contributed by atoms with Crippen molar-refractivity contribution in [1.29, 1.82) is 0 Å². The van der Waals surface area contributed by atoms with Crippen LogP contribution in [0.15, 0.2) is 59.1 Å². The predicted octanol–water partition coefficient (Wildman–Crippen LogP) is 4.62. The second-order valence-electron chi connectivity index (χ2n) is 7.76. The summed E-state index contributed by atoms with van der Waals surface area (Å²) in [7, 11) is 1.57. The molecule has 1 aromatic heterocycles. The molecule has 32 heavy (non-hydrogen) atoms. The molecule has 0 bridgehead atoms. The van der Waals surface area contributed by atoms with Crippen molar-refractivity contribution in [2.24, 2.45) is 5.92 Å². The number of hydrogen-bond donors (Lipinski definition) is 1. The molecule has 0 aliphatic rings. The van der Waals surface area contributed by atoms with Crippen LogP contribution in [0.4, 0.5) is 10.1 Å². The molecule has 168 valence electrons. The van der Waals surface area contributed by atoms with Crippen LogP contribution in [0.25, 0.3) is 11.3 Å². The number of hydrogen-bond acceptors (Lipinski definition) is 5. The number of ether oxygens (including phenoxy) is 1. The van der Waals surface area contributed by atoms with Crippen LogP contribution in [0.5, 0.6) is 5.75 Å². The van der Waals surface area contributed by atoms with Crippen molar-refractivity contribution in [3.05, 3.63) is 66.1 Å². The molecule has 2 amide bonds. The molecular weight excluding hydrogens is 413 g/mol. The Labute approximate surface area is 186 Å². The van der Waals surface area contributed by atoms with Crippen molar-refractivity contribution in [3.8, 4) is 17.1 Å². The number of carbonyl (C=O) groups excluding carboxylic acids is 2. The van der Waals surface area contributed by atoms with E-state index in [9.17, 15) is 14.0 Å². The monoisotopic (exact) mass is 439 g/mol. The number of anilines is 1. The van der Waals surface area contributed by atoms with Crippen LogP contribution in [-0.2, 0) is 4.79 Å². The van der Waals surface area contributed by atoms with E-state index in [0.717, 1.165) is 5.56 Å². The van der Waals surface area contributed by atoms with Crippen molar-refractivity contribution >= 4 is 17.5 Å². The van der Waals surface area contributed by atoms with E-state index >= 15 is 0 Å². The lowest BCUT2D eigenvalue weighted by Crippen LogP contribution is -2.36. The fourth-order valence-electron chi connectivity index (χ4n) is 3.16. The molecule has 0 aliphatic carbocycles. The van der Waals surface area contributed by atoms with Gasteiger partial charge in [0.2, 0.25) is 5.91 Å². The van der Waals surface area contributed by atoms with Gasteiger partial charge in [-0.25, -0.2) is 4.39 Å². The number of nitrogens with zero attached hydrogens (tertiary/aromatic N) is 2. The molecule has 0 aliphatic heterocycles. The van der Waals surface area contributed by atoms with E-state index in [1.54, 1.807) is 24.1 Å². The normalized spacial score (nSPS) is 10.8. The van der Waals surface area contributed by atoms with E-state index < -0.39 is 0 Å². The summed E-state index contributed by atoms with van der Waals surface area (Å²) >= 11 is 0. The highest BCUT2D eigenvalue weighted by atomic mass is 19.1. The average Bonchev–Trinajstić information content (AvgIpc) is 3.28. The Hall–Kier alpha value is -3.68. The summed E-state index contributed by atoms with van der Waals surface area (Å²) in [4.78, 5) is 27.0. The topological polar surface area (TPSA) is 84.7 Å². The van der Waals surface area contributed by atoms with Crippen molar-refractivity contribution in [2.75, 3.05) is 25.5 Å². The molecule has 8 heteroatoms. The molecule has 0 atom stereocenters. The van der Waals surface area contributed by atoms with Crippen molar-refractivity contribution < 1.29 is 23.2 Å². The van der Waals surface area contributed by atoms with E-state index in [1.165, 1.54) is 24.3 Å². The first kappa shape index (κ1) is 23.0. The Kier molecular flexibility index (Phi) is 7.59. The van der Waals surface area contributed by atoms with Gasteiger partial charge in [0.25, 0.3) is 5.91 Å². The van der Waals surface area contributed by atoms with E-state index in [1.807, 2.05) is 32.0 Å². The van der Waals surface area contributed by atoms with Gasteiger partial charge in [0, 0.05) is 36.8 Å². The van der Waals surface area contributed by atoms with Crippen molar-refractivity contribution in [1.82, 2.24) is 10.1 Å². The number of amides is 2. The molecule has 3 aromatic rings. The van der Waals surface area contributed by atoms with Gasteiger partial charge in [-0.15, -0.1) is 0 Å². The number of methoxy groups -OCH3 is 1. The van der Waals surface area contributed by atoms with Crippen LogP contribution in [0, 0.1) is 11.7 Å². The highest BCUT2D eigenvalue weighted by Gasteiger charge is 2.22. The highest BCUT2D eigenvalue weighted by molar-refractivity contribution is 5.94. The maximum atomic E-state index is 13.1. The molecule has 0 fully saturated rings. The largest absolute Gasteiger partial charge is 0.497 e. The zero-order valence-electron chi connectivity index (χ0n) is 18.3. The molecule has 0 saturated carbocycles. The summed E-state index contributed by atoms with van der Waals surface area (Å²) in [6.07, 6.45) is 0.0937. The van der Waals surface area contributed by atoms with E-state index in [2.05, 4.69) is 10.5 Å². The molecule has 2 aromatic carbocycles. The fraction of sp³-hybridized carbons (Fsp3) is 0.292. The lowest BCUT2D eigenvalue weighted by molar-refractivity contribution is -0.116. The molecule has 0 radical (unpaired) electrons. The first-order valence-electron chi connectivity index (χ1n) is 10.3. The van der Waals surface area contributed by atoms with Gasteiger partial charge in [-0.05, 0) is 42.3 Å². The van der Waals surface area contributed by atoms with Gasteiger partial charge >= 0.3 is 0 Å². The third-order valence-electron chi connectivity index (χ3n) is 4.69. The van der Waals surface area contributed by atoms with Crippen LogP contribution < -0.4 is 10.1 Å². The van der Waals surface area contributed by atoms with Gasteiger partial charge in [-0.1, -0.05) is 31.1 Å². The molecule has 3 rings (SSSR count). The minimum atomic E-state index is -0.377. The van der Waals surface area contributed by atoms with Gasteiger partial charge < -0.3 is 19.5 Å². The first-order valence-corrected chi connectivity index (χ1v) is 10.3. The maximum absolute atomic E-state index is 13.1. The second kappa shape index (κ2) is 10.6. The zero-order chi connectivity index (χ0) is 23.1. The Bertz CT molecular complexity index is 1060. The molecular formula is C24H26FN3O4. The summed E-state index contributed by atoms with van der Waals surface area (Å²) in [5, 5.41) is 6.64. The number of rotatable bonds is 9. The number of carbonyl (C=O) groups is 2. The highest BCUT2D eigenvalue weighted by Crippen LogP contribution is 2.25. The molecule has 1 N–H and O–H groups in total. The average molecular weight is 439 g/mol. The Morgan fingerprint density at radius 2 is 1.91 bits per heavy atom. The smallest absolute Gasteiger partial charge is 0.276 e. The summed E-state index contributed by atoms with van der Waals surface area (Å²) in [6, 6.07) is 14.4. The molecule has 0 unspecified atom stereocenters. The number of aromatic nitrogens is 1. The summed E-state index contributed by atoms with van der Waals surface area (Å²) in [5.41, 5.74) is 1.41. The van der Waals surface area contributed by atoms with Crippen LogP contribution in [0.1, 0.15) is 30.8 Å². The van der Waals surface area contributed by atoms with Crippen LogP contribution in [0.3, 0.4) is 0 Å².